The largest absolute Gasteiger partial charge is 0.271 e. The van der Waals surface area contributed by atoms with E-state index in [-0.39, 0.29) is 11.9 Å². The fourth-order valence-corrected chi connectivity index (χ4v) is 3.21. The lowest BCUT2D eigenvalue weighted by atomic mass is 10.0. The molecule has 0 spiro atoms. The van der Waals surface area contributed by atoms with E-state index in [0.29, 0.717) is 4.47 Å². The van der Waals surface area contributed by atoms with Gasteiger partial charge in [-0.3, -0.25) is 10.5 Å². The molecule has 1 unspecified atom stereocenters. The highest BCUT2D eigenvalue weighted by atomic mass is 79.9. The van der Waals surface area contributed by atoms with Gasteiger partial charge in [0, 0.05) is 11.0 Å². The summed E-state index contributed by atoms with van der Waals surface area (Å²) in [6.45, 7) is 2.87. The third-order valence-electron chi connectivity index (χ3n) is 2.98. The summed E-state index contributed by atoms with van der Waals surface area (Å²) in [6.07, 6.45) is 2.70. The molecule has 4 nitrogen and oxygen atoms in total. The number of hydrogen-bond donors (Lipinski definition) is 2. The second-order valence-electron chi connectivity index (χ2n) is 4.37. The maximum absolute atomic E-state index is 13.2. The Hall–Kier alpha value is -0.760. The van der Waals surface area contributed by atoms with E-state index in [9.17, 15) is 4.39 Å². The second-order valence-corrected chi connectivity index (χ2v) is 6.08. The number of nitrogens with two attached hydrogens (primary N) is 1. The predicted molar refractivity (Wildman–Crippen MR) is 83.5 cm³/mol. The average molecular weight is 406 g/mol. The molecule has 0 aliphatic carbocycles. The third-order valence-corrected chi connectivity index (χ3v) is 4.28. The molecule has 0 radical (unpaired) electrons. The van der Waals surface area contributed by atoms with E-state index in [4.69, 9.17) is 5.84 Å². The number of aryl methyl sites for hydroxylation is 1. The maximum Gasteiger partial charge on any atom is 0.124 e. The Balaban J connectivity index is 2.49. The first-order valence-corrected chi connectivity index (χ1v) is 7.79. The van der Waals surface area contributed by atoms with Crippen LogP contribution in [0.5, 0.6) is 0 Å². The summed E-state index contributed by atoms with van der Waals surface area (Å²) in [5, 5.41) is 4.33. The maximum atomic E-state index is 13.2. The second kappa shape index (κ2) is 6.80. The number of aromatic nitrogens is 2. The molecule has 1 aromatic heterocycles. The van der Waals surface area contributed by atoms with Gasteiger partial charge in [-0.05, 0) is 40.0 Å². The molecular formula is C13H15Br2FN4. The van der Waals surface area contributed by atoms with E-state index in [0.717, 1.165) is 28.7 Å². The highest BCUT2D eigenvalue weighted by molar-refractivity contribution is 9.10. The van der Waals surface area contributed by atoms with Crippen LogP contribution in [0.2, 0.25) is 0 Å². The fourth-order valence-electron chi connectivity index (χ4n) is 2.10. The van der Waals surface area contributed by atoms with E-state index < -0.39 is 0 Å². The van der Waals surface area contributed by atoms with Gasteiger partial charge in [-0.25, -0.2) is 9.82 Å². The molecule has 2 aromatic rings. The molecule has 3 N–H and O–H groups in total. The summed E-state index contributed by atoms with van der Waals surface area (Å²) in [6, 6.07) is 4.26. The lowest BCUT2D eigenvalue weighted by Crippen LogP contribution is -2.31. The molecular weight excluding hydrogens is 391 g/mol. The Labute approximate surface area is 133 Å². The zero-order valence-corrected chi connectivity index (χ0v) is 14.1. The van der Waals surface area contributed by atoms with Crippen molar-refractivity contribution in [3.05, 3.63) is 50.4 Å². The molecule has 1 heterocycles. The number of hydrazine groups is 1. The van der Waals surface area contributed by atoms with Crippen molar-refractivity contribution < 1.29 is 4.39 Å². The number of benzene rings is 1. The fraction of sp³-hybridized carbons (Fsp3) is 0.308. The Morgan fingerprint density at radius 3 is 2.75 bits per heavy atom. The molecule has 20 heavy (non-hydrogen) atoms. The van der Waals surface area contributed by atoms with Crippen LogP contribution in [0.1, 0.15) is 30.6 Å². The van der Waals surface area contributed by atoms with E-state index in [1.54, 1.807) is 12.3 Å². The van der Waals surface area contributed by atoms with Crippen LogP contribution in [-0.4, -0.2) is 9.78 Å². The summed E-state index contributed by atoms with van der Waals surface area (Å²) in [5.41, 5.74) is 4.55. The lowest BCUT2D eigenvalue weighted by molar-refractivity contribution is 0.518. The van der Waals surface area contributed by atoms with E-state index in [2.05, 4.69) is 49.3 Å². The number of nitrogens with one attached hydrogen (secondary N) is 1. The van der Waals surface area contributed by atoms with Crippen molar-refractivity contribution in [2.75, 3.05) is 0 Å². The molecule has 0 amide bonds. The Morgan fingerprint density at radius 1 is 1.40 bits per heavy atom. The Morgan fingerprint density at radius 2 is 2.15 bits per heavy atom. The molecule has 1 aromatic carbocycles. The van der Waals surface area contributed by atoms with Crippen LogP contribution in [0.4, 0.5) is 4.39 Å². The molecule has 2 rings (SSSR count). The molecule has 108 valence electrons. The minimum atomic E-state index is -0.294. The van der Waals surface area contributed by atoms with Crippen molar-refractivity contribution in [3.63, 3.8) is 0 Å². The average Bonchev–Trinajstić information content (AvgIpc) is 2.75. The van der Waals surface area contributed by atoms with Crippen LogP contribution in [0.15, 0.2) is 33.3 Å². The van der Waals surface area contributed by atoms with Crippen molar-refractivity contribution in [2.45, 2.75) is 25.9 Å². The van der Waals surface area contributed by atoms with Crippen LogP contribution >= 0.6 is 31.9 Å². The zero-order chi connectivity index (χ0) is 14.7. The Bertz CT molecular complexity index is 600. The van der Waals surface area contributed by atoms with Gasteiger partial charge in [-0.2, -0.15) is 5.10 Å². The summed E-state index contributed by atoms with van der Waals surface area (Å²) >= 11 is 6.88. The first-order valence-electron chi connectivity index (χ1n) is 6.20. The predicted octanol–water partition coefficient (Wildman–Crippen LogP) is 3.51. The minimum Gasteiger partial charge on any atom is -0.271 e. The zero-order valence-electron chi connectivity index (χ0n) is 10.9. The molecule has 7 heteroatoms. The van der Waals surface area contributed by atoms with Crippen molar-refractivity contribution in [1.82, 2.24) is 15.2 Å². The minimum absolute atomic E-state index is 0.284. The van der Waals surface area contributed by atoms with Crippen molar-refractivity contribution in [3.8, 4) is 0 Å². The van der Waals surface area contributed by atoms with Gasteiger partial charge in [0.1, 0.15) is 5.82 Å². The SMILES string of the molecule is CCCn1ncc(Br)c1C(NN)c1ccc(F)cc1Br. The number of halogens is 3. The lowest BCUT2D eigenvalue weighted by Gasteiger charge is -2.20. The molecule has 0 saturated carbocycles. The van der Waals surface area contributed by atoms with Gasteiger partial charge in [0.25, 0.3) is 0 Å². The molecule has 0 fully saturated rings. The van der Waals surface area contributed by atoms with Gasteiger partial charge in [0.05, 0.1) is 22.4 Å². The molecule has 0 saturated heterocycles. The summed E-state index contributed by atoms with van der Waals surface area (Å²) in [4.78, 5) is 0. The number of nitrogens with zero attached hydrogens (tertiary/aromatic N) is 2. The number of hydrogen-bond acceptors (Lipinski definition) is 3. The first-order chi connectivity index (χ1) is 9.58. The highest BCUT2D eigenvalue weighted by Crippen LogP contribution is 2.32. The monoisotopic (exact) mass is 404 g/mol. The van der Waals surface area contributed by atoms with Gasteiger partial charge in [-0.1, -0.05) is 28.9 Å². The van der Waals surface area contributed by atoms with Crippen molar-refractivity contribution in [2.24, 2.45) is 5.84 Å². The van der Waals surface area contributed by atoms with Crippen molar-refractivity contribution in [1.29, 1.82) is 0 Å². The molecule has 1 atom stereocenters. The van der Waals surface area contributed by atoms with Crippen LogP contribution in [0.25, 0.3) is 0 Å². The van der Waals surface area contributed by atoms with E-state index in [1.165, 1.54) is 12.1 Å². The normalized spacial score (nSPS) is 12.7. The first kappa shape index (κ1) is 15.6. The highest BCUT2D eigenvalue weighted by Gasteiger charge is 2.22. The summed E-state index contributed by atoms with van der Waals surface area (Å²) in [7, 11) is 0. The summed E-state index contributed by atoms with van der Waals surface area (Å²) in [5.74, 6) is 5.42. The smallest absolute Gasteiger partial charge is 0.124 e. The van der Waals surface area contributed by atoms with Gasteiger partial charge < -0.3 is 0 Å². The number of rotatable bonds is 5. The topological polar surface area (TPSA) is 55.9 Å². The van der Waals surface area contributed by atoms with Gasteiger partial charge in [-0.15, -0.1) is 0 Å². The van der Waals surface area contributed by atoms with E-state index in [1.807, 2.05) is 4.68 Å². The van der Waals surface area contributed by atoms with Crippen LogP contribution in [-0.2, 0) is 6.54 Å². The molecule has 0 bridgehead atoms. The molecule has 0 aliphatic rings. The van der Waals surface area contributed by atoms with Crippen molar-refractivity contribution >= 4 is 31.9 Å². The standard InChI is InChI=1S/C13H15Br2FN4/c1-2-5-20-13(11(15)7-18-20)12(19-17)9-4-3-8(16)6-10(9)14/h3-4,6-7,12,19H,2,5,17H2,1H3. The van der Waals surface area contributed by atoms with E-state index >= 15 is 0 Å². The Kier molecular flexibility index (Phi) is 5.31. The third kappa shape index (κ3) is 3.11. The van der Waals surface area contributed by atoms with Crippen LogP contribution in [0.3, 0.4) is 0 Å². The summed E-state index contributed by atoms with van der Waals surface area (Å²) < 4.78 is 16.7. The van der Waals surface area contributed by atoms with Gasteiger partial charge in [0.15, 0.2) is 0 Å². The van der Waals surface area contributed by atoms with Gasteiger partial charge in [0.2, 0.25) is 0 Å². The van der Waals surface area contributed by atoms with Crippen LogP contribution < -0.4 is 11.3 Å². The van der Waals surface area contributed by atoms with Gasteiger partial charge >= 0.3 is 0 Å². The quantitative estimate of drug-likeness (QED) is 0.591. The van der Waals surface area contributed by atoms with Crippen LogP contribution in [0, 0.1) is 5.82 Å². The molecule has 0 aliphatic heterocycles.